The van der Waals surface area contributed by atoms with Crippen molar-refractivity contribution in [3.8, 4) is 11.5 Å². The van der Waals surface area contributed by atoms with Crippen molar-refractivity contribution in [2.24, 2.45) is 0 Å². The van der Waals surface area contributed by atoms with Gasteiger partial charge in [-0.05, 0) is 35.9 Å². The van der Waals surface area contributed by atoms with Crippen LogP contribution in [0.2, 0.25) is 0 Å². The largest absolute Gasteiger partial charge is 0.493 e. The van der Waals surface area contributed by atoms with Gasteiger partial charge in [-0.1, -0.05) is 41.9 Å². The molecule has 0 N–H and O–H groups in total. The highest BCUT2D eigenvalue weighted by atomic mass is 35.5. The van der Waals surface area contributed by atoms with Gasteiger partial charge in [0.15, 0.2) is 11.5 Å². The molecule has 4 heteroatoms. The monoisotopic (exact) mass is 325 g/mol. The molecular weight excluding hydrogens is 310 g/mol. The normalized spacial score (nSPS) is 11.5. The van der Waals surface area contributed by atoms with E-state index in [1.807, 2.05) is 60.7 Å². The fourth-order valence-electron chi connectivity index (χ4n) is 2.36. The number of pyridine rings is 1. The molecule has 0 aliphatic carbocycles. The minimum Gasteiger partial charge on any atom is -0.493 e. The zero-order valence-corrected chi connectivity index (χ0v) is 13.7. The molecule has 2 aromatic carbocycles. The van der Waals surface area contributed by atoms with Crippen molar-refractivity contribution in [1.82, 2.24) is 4.98 Å². The Morgan fingerprint density at radius 3 is 2.52 bits per heavy atom. The molecule has 0 amide bonds. The molecule has 0 saturated carbocycles. The molecule has 0 bridgehead atoms. The van der Waals surface area contributed by atoms with Crippen molar-refractivity contribution in [3.05, 3.63) is 65.9 Å². The molecule has 0 fully saturated rings. The topological polar surface area (TPSA) is 31.4 Å². The molecule has 1 heterocycles. The first-order chi connectivity index (χ1) is 11.2. The molecule has 0 spiro atoms. The average Bonchev–Trinajstić information content (AvgIpc) is 2.61. The van der Waals surface area contributed by atoms with Gasteiger partial charge in [-0.15, -0.1) is 0 Å². The quantitative estimate of drug-likeness (QED) is 0.677. The standard InChI is InChI=1S/C19H16ClNO2/c1-22-18-10-7-13(12-19(18)23-2)11-15(20)17-9-8-14-5-3-4-6-16(14)21-17/h3-12H,1-2H3/b15-11-. The van der Waals surface area contributed by atoms with Gasteiger partial charge in [0.1, 0.15) is 0 Å². The van der Waals surface area contributed by atoms with Crippen LogP contribution >= 0.6 is 11.6 Å². The SMILES string of the molecule is COc1ccc(/C=C(\Cl)c2ccc3ccccc3n2)cc1OC. The van der Waals surface area contributed by atoms with E-state index in [4.69, 9.17) is 21.1 Å². The van der Waals surface area contributed by atoms with Crippen molar-refractivity contribution >= 4 is 33.6 Å². The third kappa shape index (κ3) is 3.30. The van der Waals surface area contributed by atoms with Crippen molar-refractivity contribution < 1.29 is 9.47 Å². The van der Waals surface area contributed by atoms with Crippen LogP contribution in [0.1, 0.15) is 11.3 Å². The first-order valence-corrected chi connectivity index (χ1v) is 7.54. The maximum absolute atomic E-state index is 6.44. The fourth-order valence-corrected chi connectivity index (χ4v) is 2.59. The van der Waals surface area contributed by atoms with Crippen molar-refractivity contribution in [3.63, 3.8) is 0 Å². The molecule has 0 saturated heterocycles. The maximum Gasteiger partial charge on any atom is 0.161 e. The summed E-state index contributed by atoms with van der Waals surface area (Å²) in [5.41, 5.74) is 2.58. The third-order valence-corrected chi connectivity index (χ3v) is 3.85. The number of benzene rings is 2. The Morgan fingerprint density at radius 2 is 1.74 bits per heavy atom. The van der Waals surface area contributed by atoms with Crippen LogP contribution in [-0.2, 0) is 0 Å². The number of methoxy groups -OCH3 is 2. The number of rotatable bonds is 4. The van der Waals surface area contributed by atoms with Gasteiger partial charge in [-0.3, -0.25) is 0 Å². The molecule has 0 aliphatic rings. The van der Waals surface area contributed by atoms with Crippen LogP contribution in [0.5, 0.6) is 11.5 Å². The van der Waals surface area contributed by atoms with E-state index in [1.54, 1.807) is 14.2 Å². The molecule has 0 unspecified atom stereocenters. The van der Waals surface area contributed by atoms with E-state index in [0.717, 1.165) is 22.2 Å². The van der Waals surface area contributed by atoms with E-state index in [2.05, 4.69) is 4.98 Å². The summed E-state index contributed by atoms with van der Waals surface area (Å²) < 4.78 is 10.5. The van der Waals surface area contributed by atoms with E-state index < -0.39 is 0 Å². The molecule has 116 valence electrons. The highest BCUT2D eigenvalue weighted by molar-refractivity contribution is 6.51. The van der Waals surface area contributed by atoms with E-state index in [9.17, 15) is 0 Å². The zero-order chi connectivity index (χ0) is 16.2. The number of para-hydroxylation sites is 1. The number of hydrogen-bond donors (Lipinski definition) is 0. The van der Waals surface area contributed by atoms with Gasteiger partial charge in [0.05, 0.1) is 30.5 Å². The first kappa shape index (κ1) is 15.4. The van der Waals surface area contributed by atoms with E-state index in [-0.39, 0.29) is 0 Å². The summed E-state index contributed by atoms with van der Waals surface area (Å²) in [5.74, 6) is 1.35. The summed E-state index contributed by atoms with van der Waals surface area (Å²) in [6.45, 7) is 0. The molecule has 0 radical (unpaired) electrons. The van der Waals surface area contributed by atoms with Gasteiger partial charge in [0.25, 0.3) is 0 Å². The van der Waals surface area contributed by atoms with Gasteiger partial charge >= 0.3 is 0 Å². The van der Waals surface area contributed by atoms with E-state index >= 15 is 0 Å². The third-order valence-electron chi connectivity index (χ3n) is 3.54. The molecule has 0 aliphatic heterocycles. The summed E-state index contributed by atoms with van der Waals surface area (Å²) in [7, 11) is 3.22. The summed E-state index contributed by atoms with van der Waals surface area (Å²) in [6, 6.07) is 17.5. The predicted octanol–water partition coefficient (Wildman–Crippen LogP) is 4.99. The lowest BCUT2D eigenvalue weighted by Gasteiger charge is -2.08. The maximum atomic E-state index is 6.44. The van der Waals surface area contributed by atoms with Crippen LogP contribution in [0.3, 0.4) is 0 Å². The van der Waals surface area contributed by atoms with E-state index in [0.29, 0.717) is 16.5 Å². The highest BCUT2D eigenvalue weighted by Crippen LogP contribution is 2.30. The number of ether oxygens (including phenoxy) is 2. The lowest BCUT2D eigenvalue weighted by Crippen LogP contribution is -1.91. The summed E-state index contributed by atoms with van der Waals surface area (Å²) >= 11 is 6.44. The molecule has 3 rings (SSSR count). The number of halogens is 1. The Labute approximate surface area is 140 Å². The lowest BCUT2D eigenvalue weighted by molar-refractivity contribution is 0.355. The lowest BCUT2D eigenvalue weighted by atomic mass is 10.1. The molecule has 1 aromatic heterocycles. The Hall–Kier alpha value is -2.52. The van der Waals surface area contributed by atoms with Crippen LogP contribution in [0.4, 0.5) is 0 Å². The molecule has 0 atom stereocenters. The van der Waals surface area contributed by atoms with Crippen LogP contribution in [0, 0.1) is 0 Å². The van der Waals surface area contributed by atoms with Gasteiger partial charge in [-0.2, -0.15) is 0 Å². The van der Waals surface area contributed by atoms with Gasteiger partial charge in [-0.25, -0.2) is 4.98 Å². The average molecular weight is 326 g/mol. The summed E-state index contributed by atoms with van der Waals surface area (Å²) in [4.78, 5) is 4.59. The molecule has 3 aromatic rings. The number of fused-ring (bicyclic) bond motifs is 1. The smallest absolute Gasteiger partial charge is 0.161 e. The number of nitrogens with zero attached hydrogens (tertiary/aromatic N) is 1. The van der Waals surface area contributed by atoms with Gasteiger partial charge in [0, 0.05) is 5.39 Å². The first-order valence-electron chi connectivity index (χ1n) is 7.16. The Morgan fingerprint density at radius 1 is 0.957 bits per heavy atom. The number of hydrogen-bond acceptors (Lipinski definition) is 3. The van der Waals surface area contributed by atoms with Crippen molar-refractivity contribution in [2.45, 2.75) is 0 Å². The second-order valence-corrected chi connectivity index (χ2v) is 5.40. The fraction of sp³-hybridized carbons (Fsp3) is 0.105. The molecular formula is C19H16ClNO2. The predicted molar refractivity (Wildman–Crippen MR) is 95.0 cm³/mol. The van der Waals surface area contributed by atoms with E-state index in [1.165, 1.54) is 0 Å². The van der Waals surface area contributed by atoms with Crippen molar-refractivity contribution in [2.75, 3.05) is 14.2 Å². The Kier molecular flexibility index (Phi) is 4.49. The molecule has 23 heavy (non-hydrogen) atoms. The Balaban J connectivity index is 1.97. The van der Waals surface area contributed by atoms with Crippen LogP contribution in [0.25, 0.3) is 22.0 Å². The van der Waals surface area contributed by atoms with Crippen LogP contribution < -0.4 is 9.47 Å². The zero-order valence-electron chi connectivity index (χ0n) is 12.9. The minimum atomic E-state index is 0.572. The Bertz CT molecular complexity index is 874. The highest BCUT2D eigenvalue weighted by Gasteiger charge is 2.06. The minimum absolute atomic E-state index is 0.572. The van der Waals surface area contributed by atoms with Crippen molar-refractivity contribution in [1.29, 1.82) is 0 Å². The van der Waals surface area contributed by atoms with Crippen LogP contribution in [0.15, 0.2) is 54.6 Å². The summed E-state index contributed by atoms with van der Waals surface area (Å²) in [6.07, 6.45) is 1.86. The second kappa shape index (κ2) is 6.71. The number of aromatic nitrogens is 1. The van der Waals surface area contributed by atoms with Gasteiger partial charge < -0.3 is 9.47 Å². The second-order valence-electron chi connectivity index (χ2n) is 5.00. The molecule has 3 nitrogen and oxygen atoms in total. The van der Waals surface area contributed by atoms with Crippen LogP contribution in [-0.4, -0.2) is 19.2 Å². The van der Waals surface area contributed by atoms with Gasteiger partial charge in [0.2, 0.25) is 0 Å². The summed E-state index contributed by atoms with van der Waals surface area (Å²) in [5, 5.41) is 1.66.